The van der Waals surface area contributed by atoms with E-state index in [0.29, 0.717) is 12.2 Å². The van der Waals surface area contributed by atoms with Crippen molar-refractivity contribution in [2.75, 3.05) is 5.32 Å². The van der Waals surface area contributed by atoms with Crippen molar-refractivity contribution in [3.8, 4) is 0 Å². The Hall–Kier alpha value is -2.24. The van der Waals surface area contributed by atoms with Crippen LogP contribution in [0.3, 0.4) is 0 Å². The highest BCUT2D eigenvalue weighted by Crippen LogP contribution is 2.23. The quantitative estimate of drug-likeness (QED) is 0.776. The summed E-state index contributed by atoms with van der Waals surface area (Å²) in [5.41, 5.74) is 6.70. The van der Waals surface area contributed by atoms with E-state index in [-0.39, 0.29) is 5.91 Å². The Morgan fingerprint density at radius 2 is 2.00 bits per heavy atom. The second kappa shape index (κ2) is 5.40. The molecule has 0 unspecified atom stereocenters. The van der Waals surface area contributed by atoms with Crippen LogP contribution in [0.15, 0.2) is 47.8 Å². The fourth-order valence-corrected chi connectivity index (χ4v) is 2.68. The second-order valence-electron chi connectivity index (χ2n) is 4.31. The molecule has 100 valence electrons. The number of carbonyl (C=O) groups is 1. The van der Waals surface area contributed by atoms with E-state index < -0.39 is 0 Å². The highest BCUT2D eigenvalue weighted by atomic mass is 32.1. The van der Waals surface area contributed by atoms with Crippen molar-refractivity contribution in [3.63, 3.8) is 0 Å². The number of anilines is 1. The summed E-state index contributed by atoms with van der Waals surface area (Å²) in [4.78, 5) is 16.4. The Kier molecular flexibility index (Phi) is 3.45. The molecule has 1 amide bonds. The second-order valence-corrected chi connectivity index (χ2v) is 5.25. The summed E-state index contributed by atoms with van der Waals surface area (Å²) in [6.45, 7) is 0.353. The molecule has 0 saturated heterocycles. The molecule has 0 aliphatic carbocycles. The zero-order chi connectivity index (χ0) is 13.9. The molecule has 1 aromatic heterocycles. The molecule has 0 bridgehead atoms. The highest BCUT2D eigenvalue weighted by Gasteiger charge is 2.11. The zero-order valence-corrected chi connectivity index (χ0v) is 11.5. The van der Waals surface area contributed by atoms with E-state index in [1.54, 1.807) is 5.38 Å². The van der Waals surface area contributed by atoms with Gasteiger partial charge in [-0.3, -0.25) is 4.79 Å². The Morgan fingerprint density at radius 1 is 1.20 bits per heavy atom. The van der Waals surface area contributed by atoms with Gasteiger partial charge in [0.2, 0.25) is 0 Å². The van der Waals surface area contributed by atoms with Gasteiger partial charge in [0.15, 0.2) is 0 Å². The molecule has 3 aromatic rings. The molecule has 0 atom stereocenters. The molecule has 0 aliphatic rings. The third-order valence-electron chi connectivity index (χ3n) is 3.00. The van der Waals surface area contributed by atoms with E-state index in [2.05, 4.69) is 10.3 Å². The number of nitrogens with one attached hydrogen (secondary N) is 1. The lowest BCUT2D eigenvalue weighted by Crippen LogP contribution is -2.13. The van der Waals surface area contributed by atoms with Crippen molar-refractivity contribution in [3.05, 3.63) is 58.5 Å². The van der Waals surface area contributed by atoms with Crippen LogP contribution in [-0.4, -0.2) is 10.9 Å². The van der Waals surface area contributed by atoms with E-state index in [9.17, 15) is 4.79 Å². The molecule has 3 N–H and O–H groups in total. The summed E-state index contributed by atoms with van der Waals surface area (Å²) in [5.74, 6) is -0.211. The zero-order valence-electron chi connectivity index (χ0n) is 10.7. The number of thiazole rings is 1. The average Bonchev–Trinajstić information content (AvgIpc) is 2.97. The summed E-state index contributed by atoms with van der Waals surface area (Å²) in [6.07, 6.45) is 0. The Morgan fingerprint density at radius 3 is 2.80 bits per heavy atom. The van der Waals surface area contributed by atoms with Crippen LogP contribution in [0.5, 0.6) is 0 Å². The molecule has 0 aliphatic heterocycles. The number of aromatic nitrogens is 1. The lowest BCUT2D eigenvalue weighted by Gasteiger charge is -2.07. The minimum Gasteiger partial charge on any atom is -0.325 e. The number of benzene rings is 2. The molecule has 0 radical (unpaired) electrons. The van der Waals surface area contributed by atoms with Gasteiger partial charge in [0.1, 0.15) is 10.7 Å². The van der Waals surface area contributed by atoms with Crippen LogP contribution >= 0.6 is 11.3 Å². The lowest BCUT2D eigenvalue weighted by molar-refractivity contribution is 0.102. The minimum absolute atomic E-state index is 0.211. The topological polar surface area (TPSA) is 68.0 Å². The molecule has 20 heavy (non-hydrogen) atoms. The SMILES string of the molecule is NCc1nc(C(=O)Nc2cccc3ccccc23)cs1. The van der Waals surface area contributed by atoms with Gasteiger partial charge in [-0.25, -0.2) is 4.98 Å². The summed E-state index contributed by atoms with van der Waals surface area (Å²) < 4.78 is 0. The molecule has 0 fully saturated rings. The van der Waals surface area contributed by atoms with Crippen molar-refractivity contribution in [2.45, 2.75) is 6.54 Å². The standard InChI is InChI=1S/C15H13N3OS/c16-8-14-17-13(9-20-14)15(19)18-12-7-3-5-10-4-1-2-6-11(10)12/h1-7,9H,8,16H2,(H,18,19). The van der Waals surface area contributed by atoms with Crippen LogP contribution in [0.4, 0.5) is 5.69 Å². The number of amides is 1. The first-order chi connectivity index (χ1) is 9.78. The first kappa shape index (κ1) is 12.8. The van der Waals surface area contributed by atoms with E-state index in [4.69, 9.17) is 5.73 Å². The summed E-state index contributed by atoms with van der Waals surface area (Å²) in [5, 5.41) is 7.49. The fourth-order valence-electron chi connectivity index (χ4n) is 2.03. The van der Waals surface area contributed by atoms with Gasteiger partial charge in [0, 0.05) is 23.0 Å². The maximum Gasteiger partial charge on any atom is 0.275 e. The van der Waals surface area contributed by atoms with E-state index in [1.165, 1.54) is 11.3 Å². The number of nitrogens with zero attached hydrogens (tertiary/aromatic N) is 1. The molecule has 5 heteroatoms. The van der Waals surface area contributed by atoms with Gasteiger partial charge in [0.05, 0.1) is 0 Å². The highest BCUT2D eigenvalue weighted by molar-refractivity contribution is 7.09. The lowest BCUT2D eigenvalue weighted by atomic mass is 10.1. The maximum atomic E-state index is 12.2. The predicted octanol–water partition coefficient (Wildman–Crippen LogP) is 3.01. The van der Waals surface area contributed by atoms with Gasteiger partial charge < -0.3 is 11.1 Å². The third-order valence-corrected chi connectivity index (χ3v) is 3.87. The Labute approximate surface area is 120 Å². The molecule has 2 aromatic carbocycles. The number of rotatable bonds is 3. The van der Waals surface area contributed by atoms with E-state index in [1.807, 2.05) is 42.5 Å². The average molecular weight is 283 g/mol. The van der Waals surface area contributed by atoms with Crippen molar-refractivity contribution in [2.24, 2.45) is 5.73 Å². The molecule has 3 rings (SSSR count). The number of hydrogen-bond acceptors (Lipinski definition) is 4. The largest absolute Gasteiger partial charge is 0.325 e. The fraction of sp³-hybridized carbons (Fsp3) is 0.0667. The molecule has 4 nitrogen and oxygen atoms in total. The van der Waals surface area contributed by atoms with Gasteiger partial charge in [-0.05, 0) is 11.5 Å². The van der Waals surface area contributed by atoms with Gasteiger partial charge in [-0.1, -0.05) is 36.4 Å². The summed E-state index contributed by atoms with van der Waals surface area (Å²) >= 11 is 1.40. The normalized spacial score (nSPS) is 10.7. The van der Waals surface area contributed by atoms with Crippen molar-refractivity contribution in [1.82, 2.24) is 4.98 Å². The predicted molar refractivity (Wildman–Crippen MR) is 81.9 cm³/mol. The number of hydrogen-bond donors (Lipinski definition) is 2. The van der Waals surface area contributed by atoms with Crippen LogP contribution in [0.1, 0.15) is 15.5 Å². The van der Waals surface area contributed by atoms with Crippen molar-refractivity contribution in [1.29, 1.82) is 0 Å². The van der Waals surface area contributed by atoms with Crippen LogP contribution < -0.4 is 11.1 Å². The van der Waals surface area contributed by atoms with Gasteiger partial charge >= 0.3 is 0 Å². The molecular formula is C15H13N3OS. The Bertz CT molecular complexity index is 761. The van der Waals surface area contributed by atoms with Crippen LogP contribution in [0.25, 0.3) is 10.8 Å². The third kappa shape index (κ3) is 2.41. The van der Waals surface area contributed by atoms with E-state index >= 15 is 0 Å². The van der Waals surface area contributed by atoms with Gasteiger partial charge in [-0.2, -0.15) is 0 Å². The van der Waals surface area contributed by atoms with Gasteiger partial charge in [0.25, 0.3) is 5.91 Å². The first-order valence-electron chi connectivity index (χ1n) is 6.21. The summed E-state index contributed by atoms with van der Waals surface area (Å²) in [7, 11) is 0. The molecular weight excluding hydrogens is 270 g/mol. The smallest absolute Gasteiger partial charge is 0.275 e. The minimum atomic E-state index is -0.211. The first-order valence-corrected chi connectivity index (χ1v) is 7.09. The monoisotopic (exact) mass is 283 g/mol. The van der Waals surface area contributed by atoms with Crippen LogP contribution in [-0.2, 0) is 6.54 Å². The number of carbonyl (C=O) groups excluding carboxylic acids is 1. The maximum absolute atomic E-state index is 12.2. The number of fused-ring (bicyclic) bond motifs is 1. The van der Waals surface area contributed by atoms with Crippen LogP contribution in [0.2, 0.25) is 0 Å². The van der Waals surface area contributed by atoms with Crippen LogP contribution in [0, 0.1) is 0 Å². The molecule has 1 heterocycles. The van der Waals surface area contributed by atoms with Gasteiger partial charge in [-0.15, -0.1) is 11.3 Å². The molecule has 0 spiro atoms. The summed E-state index contributed by atoms with van der Waals surface area (Å²) in [6, 6.07) is 13.7. The molecule has 0 saturated carbocycles. The number of nitrogens with two attached hydrogens (primary N) is 1. The van der Waals surface area contributed by atoms with Crippen molar-refractivity contribution < 1.29 is 4.79 Å². The van der Waals surface area contributed by atoms with E-state index in [0.717, 1.165) is 21.5 Å². The van der Waals surface area contributed by atoms with Crippen molar-refractivity contribution >= 4 is 33.7 Å². The Balaban J connectivity index is 1.91.